The van der Waals surface area contributed by atoms with E-state index in [9.17, 15) is 0 Å². The summed E-state index contributed by atoms with van der Waals surface area (Å²) in [6.07, 6.45) is 5.22. The minimum atomic E-state index is 0.984. The molecule has 0 fully saturated rings. The molecule has 0 saturated heterocycles. The minimum absolute atomic E-state index is 0.984. The fraction of sp³-hybridized carbons (Fsp3) is 0.200. The molecule has 7 heavy (non-hydrogen) atoms. The fourth-order valence-corrected chi connectivity index (χ4v) is 0.255. The van der Waals surface area contributed by atoms with Gasteiger partial charge in [0, 0.05) is 6.21 Å². The number of nitrogens with zero attached hydrogens (tertiary/aromatic N) is 2. The molecule has 0 aromatic carbocycles. The summed E-state index contributed by atoms with van der Waals surface area (Å²) in [6.45, 7) is 1.87. The molecule has 0 bridgehead atoms. The van der Waals surface area contributed by atoms with Gasteiger partial charge >= 0.3 is 0 Å². The third-order valence-electron chi connectivity index (χ3n) is 0.634. The maximum Gasteiger partial charge on any atom is 0.0995 e. The average molecular weight is 94.1 g/mol. The quantitative estimate of drug-likeness (QED) is 0.433. The third-order valence-corrected chi connectivity index (χ3v) is 0.634. The van der Waals surface area contributed by atoms with Gasteiger partial charge in [-0.1, -0.05) is 0 Å². The van der Waals surface area contributed by atoms with Gasteiger partial charge in [-0.2, -0.15) is 0 Å². The van der Waals surface area contributed by atoms with Crippen LogP contribution in [0.2, 0.25) is 0 Å². The normalized spacial score (nSPS) is 22.1. The lowest BCUT2D eigenvalue weighted by Crippen LogP contribution is -1.54. The van der Waals surface area contributed by atoms with E-state index in [-0.39, 0.29) is 0 Å². The van der Waals surface area contributed by atoms with Crippen molar-refractivity contribution in [1.82, 2.24) is 0 Å². The molecule has 0 radical (unpaired) electrons. The van der Waals surface area contributed by atoms with Gasteiger partial charge in [0.25, 0.3) is 0 Å². The summed E-state index contributed by atoms with van der Waals surface area (Å²) in [6, 6.07) is 0. The molecule has 0 N–H and O–H groups in total. The summed E-state index contributed by atoms with van der Waals surface area (Å²) in [4.78, 5) is 7.58. The summed E-state index contributed by atoms with van der Waals surface area (Å²) < 4.78 is 0. The van der Waals surface area contributed by atoms with E-state index in [2.05, 4.69) is 9.98 Å². The van der Waals surface area contributed by atoms with Crippen molar-refractivity contribution in [3.05, 3.63) is 11.9 Å². The summed E-state index contributed by atoms with van der Waals surface area (Å²) in [5.74, 6) is 0. The number of allylic oxidation sites excluding steroid dienone is 1. The first-order chi connectivity index (χ1) is 3.43. The summed E-state index contributed by atoms with van der Waals surface area (Å²) in [5, 5.41) is 0. The molecule has 1 heterocycles. The van der Waals surface area contributed by atoms with Crippen molar-refractivity contribution >= 4 is 12.4 Å². The van der Waals surface area contributed by atoms with Gasteiger partial charge in [-0.05, 0) is 6.92 Å². The second-order valence-electron chi connectivity index (χ2n) is 1.22. The SMILES string of the molecule is C/C=N\C=C1C=N/1. The van der Waals surface area contributed by atoms with Crippen molar-refractivity contribution in [2.75, 3.05) is 0 Å². The first-order valence-electron chi connectivity index (χ1n) is 2.15. The lowest BCUT2D eigenvalue weighted by Gasteiger charge is -1.65. The maximum atomic E-state index is 3.82. The first kappa shape index (κ1) is 4.24. The van der Waals surface area contributed by atoms with Crippen LogP contribution in [-0.4, -0.2) is 12.4 Å². The Morgan fingerprint density at radius 1 is 1.86 bits per heavy atom. The Morgan fingerprint density at radius 2 is 2.57 bits per heavy atom. The van der Waals surface area contributed by atoms with Crippen molar-refractivity contribution in [3.63, 3.8) is 0 Å². The molecule has 36 valence electrons. The average Bonchev–Trinajstić information content (AvgIpc) is 2.42. The summed E-state index contributed by atoms with van der Waals surface area (Å²) in [5.41, 5.74) is 0.984. The third kappa shape index (κ3) is 1.30. The minimum Gasteiger partial charge on any atom is -0.267 e. The van der Waals surface area contributed by atoms with E-state index in [1.54, 1.807) is 18.6 Å². The zero-order chi connectivity index (χ0) is 5.11. The van der Waals surface area contributed by atoms with E-state index in [1.807, 2.05) is 6.92 Å². The molecule has 2 heteroatoms. The highest BCUT2D eigenvalue weighted by molar-refractivity contribution is 5.92. The largest absolute Gasteiger partial charge is 0.267 e. The van der Waals surface area contributed by atoms with E-state index in [0.29, 0.717) is 0 Å². The molecular formula is C5H6N2. The van der Waals surface area contributed by atoms with Crippen LogP contribution in [0.15, 0.2) is 21.9 Å². The van der Waals surface area contributed by atoms with Gasteiger partial charge < -0.3 is 0 Å². The molecule has 0 unspecified atom stereocenters. The first-order valence-corrected chi connectivity index (χ1v) is 2.15. The zero-order valence-corrected chi connectivity index (χ0v) is 4.13. The van der Waals surface area contributed by atoms with E-state index in [0.717, 1.165) is 5.70 Å². The van der Waals surface area contributed by atoms with Gasteiger partial charge in [-0.25, -0.2) is 0 Å². The molecule has 1 rings (SSSR count). The van der Waals surface area contributed by atoms with Crippen molar-refractivity contribution in [1.29, 1.82) is 0 Å². The molecule has 0 saturated carbocycles. The van der Waals surface area contributed by atoms with Crippen molar-refractivity contribution in [2.45, 2.75) is 6.92 Å². The van der Waals surface area contributed by atoms with E-state index < -0.39 is 0 Å². The molecule has 0 amide bonds. The van der Waals surface area contributed by atoms with Gasteiger partial charge in [0.2, 0.25) is 0 Å². The second kappa shape index (κ2) is 1.69. The number of hydrogen-bond acceptors (Lipinski definition) is 2. The van der Waals surface area contributed by atoms with Crippen molar-refractivity contribution in [3.8, 4) is 0 Å². The van der Waals surface area contributed by atoms with Gasteiger partial charge in [0.05, 0.1) is 18.1 Å². The molecule has 0 spiro atoms. The van der Waals surface area contributed by atoms with Crippen LogP contribution in [-0.2, 0) is 0 Å². The highest BCUT2D eigenvalue weighted by atomic mass is 14.9. The van der Waals surface area contributed by atoms with E-state index in [1.165, 1.54) is 0 Å². The maximum absolute atomic E-state index is 3.82. The van der Waals surface area contributed by atoms with Gasteiger partial charge in [0.1, 0.15) is 0 Å². The van der Waals surface area contributed by atoms with Gasteiger partial charge in [-0.3, -0.25) is 9.98 Å². The van der Waals surface area contributed by atoms with Gasteiger partial charge in [-0.15, -0.1) is 0 Å². The standard InChI is InChI=1S/C5H6N2/c1-2-6-3-5-4-7-5/h2-4H,1H3/b5-3+,6-2-. The van der Waals surface area contributed by atoms with Crippen LogP contribution < -0.4 is 0 Å². The summed E-state index contributed by atoms with van der Waals surface area (Å²) >= 11 is 0. The van der Waals surface area contributed by atoms with E-state index in [4.69, 9.17) is 0 Å². The molecule has 0 aromatic rings. The highest BCUT2D eigenvalue weighted by Crippen LogP contribution is 2.04. The molecule has 2 nitrogen and oxygen atoms in total. The number of rotatable bonds is 1. The Morgan fingerprint density at radius 3 is 3.00 bits per heavy atom. The Labute approximate surface area is 42.3 Å². The Kier molecular flexibility index (Phi) is 1.02. The topological polar surface area (TPSA) is 24.7 Å². The van der Waals surface area contributed by atoms with Gasteiger partial charge in [0.15, 0.2) is 0 Å². The van der Waals surface area contributed by atoms with Crippen molar-refractivity contribution in [2.24, 2.45) is 9.98 Å². The smallest absolute Gasteiger partial charge is 0.0995 e. The Hall–Kier alpha value is -0.920. The fourth-order valence-electron chi connectivity index (χ4n) is 0.255. The second-order valence-corrected chi connectivity index (χ2v) is 1.22. The number of aliphatic imine (C=N–C) groups is 2. The van der Waals surface area contributed by atoms with Crippen LogP contribution in [0.5, 0.6) is 0 Å². The van der Waals surface area contributed by atoms with E-state index >= 15 is 0 Å². The lowest BCUT2D eigenvalue weighted by atomic mass is 10.7. The van der Waals surface area contributed by atoms with Crippen LogP contribution in [0, 0.1) is 0 Å². The monoisotopic (exact) mass is 94.1 g/mol. The van der Waals surface area contributed by atoms with Crippen LogP contribution in [0.25, 0.3) is 0 Å². The van der Waals surface area contributed by atoms with Crippen LogP contribution in [0.4, 0.5) is 0 Å². The zero-order valence-electron chi connectivity index (χ0n) is 4.13. The molecule has 0 atom stereocenters. The molecule has 0 aromatic heterocycles. The Balaban J connectivity index is 2.34. The highest BCUT2D eigenvalue weighted by Gasteiger charge is 1.96. The lowest BCUT2D eigenvalue weighted by molar-refractivity contribution is 1.52. The van der Waals surface area contributed by atoms with Crippen LogP contribution in [0.3, 0.4) is 0 Å². The molecular weight excluding hydrogens is 88.1 g/mol. The molecule has 1 aliphatic rings. The van der Waals surface area contributed by atoms with Crippen LogP contribution in [0.1, 0.15) is 6.92 Å². The molecule has 0 aliphatic carbocycles. The number of hydrogen-bond donors (Lipinski definition) is 0. The molecule has 1 aliphatic heterocycles. The summed E-state index contributed by atoms with van der Waals surface area (Å²) in [7, 11) is 0. The predicted octanol–water partition coefficient (Wildman–Crippen LogP) is 1.00. The predicted molar refractivity (Wildman–Crippen MR) is 30.7 cm³/mol. The Bertz CT molecular complexity index is 134. The van der Waals surface area contributed by atoms with Crippen molar-refractivity contribution < 1.29 is 0 Å². The van der Waals surface area contributed by atoms with Crippen LogP contribution >= 0.6 is 0 Å².